The second-order valence-corrected chi connectivity index (χ2v) is 7.48. The van der Waals surface area contributed by atoms with Crippen molar-refractivity contribution in [2.45, 2.75) is 37.6 Å². The maximum Gasteiger partial charge on any atom is 0.469 e. The number of hydrogen-bond donors (Lipinski definition) is 7. The molecule has 1 aliphatic heterocycles. The Morgan fingerprint density at radius 1 is 1.45 bits per heavy atom. The maximum atomic E-state index is 12.2. The summed E-state index contributed by atoms with van der Waals surface area (Å²) in [6, 6.07) is 0. The van der Waals surface area contributed by atoms with E-state index in [0.717, 1.165) is 10.9 Å². The Balaban J connectivity index is 1.91. The molecule has 0 aliphatic carbocycles. The summed E-state index contributed by atoms with van der Waals surface area (Å²) >= 11 is 0. The van der Waals surface area contributed by atoms with E-state index in [-0.39, 0.29) is 17.1 Å². The molecule has 1 saturated heterocycles. The third kappa shape index (κ3) is 4.52. The first-order chi connectivity index (χ1) is 13.5. The van der Waals surface area contributed by atoms with Gasteiger partial charge in [-0.1, -0.05) is 0 Å². The van der Waals surface area contributed by atoms with E-state index < -0.39 is 56.5 Å². The average Bonchev–Trinajstić information content (AvgIpc) is 3.15. The number of aliphatic hydroxyl groups is 3. The molecule has 1 unspecified atom stereocenters. The second kappa shape index (κ2) is 7.89. The normalized spacial score (nSPS) is 26.0. The first kappa shape index (κ1) is 21.5. The number of aromatic amines is 1. The number of phosphoric ester groups is 1. The van der Waals surface area contributed by atoms with Gasteiger partial charge < -0.3 is 29.8 Å². The standard InChI is InChI=1S/C13H18N5O10P/c1-4(19)10(22)16-13-15-9-6(11(23)17-13)14-3-18(9)12-8(21)7(20)5(28-12)2-27-29(24,25)26/h3-5,7-8,12,19-21H,2H2,1H3,(H2,24,25,26)(H2,15,16,17,22,23)/t4?,5-,7-,8-,12-/m1/s1. The molecule has 160 valence electrons. The molecule has 0 aromatic carbocycles. The average molecular weight is 435 g/mol. The Hall–Kier alpha value is -2.23. The minimum absolute atomic E-state index is 0.123. The number of ether oxygens (including phenoxy) is 1. The number of H-pyrrole nitrogens is 1. The van der Waals surface area contributed by atoms with E-state index in [1.807, 2.05) is 0 Å². The third-order valence-corrected chi connectivity index (χ3v) is 4.56. The fourth-order valence-electron chi connectivity index (χ4n) is 2.66. The van der Waals surface area contributed by atoms with Crippen molar-refractivity contribution in [2.75, 3.05) is 11.9 Å². The summed E-state index contributed by atoms with van der Waals surface area (Å²) in [6.45, 7) is 0.496. The van der Waals surface area contributed by atoms with Gasteiger partial charge in [-0.05, 0) is 6.92 Å². The van der Waals surface area contributed by atoms with Gasteiger partial charge in [0.05, 0.1) is 12.9 Å². The molecular formula is C13H18N5O10P. The molecule has 1 aliphatic rings. The predicted octanol–water partition coefficient (Wildman–Crippen LogP) is -2.83. The van der Waals surface area contributed by atoms with Crippen molar-refractivity contribution in [2.24, 2.45) is 0 Å². The molecule has 0 bridgehead atoms. The Bertz CT molecular complexity index is 1020. The number of hydrogen-bond acceptors (Lipinski definition) is 10. The van der Waals surface area contributed by atoms with E-state index in [4.69, 9.17) is 14.5 Å². The molecule has 3 rings (SSSR count). The highest BCUT2D eigenvalue weighted by Gasteiger charge is 2.45. The van der Waals surface area contributed by atoms with Crippen LogP contribution >= 0.6 is 7.82 Å². The van der Waals surface area contributed by atoms with Crippen LogP contribution in [0.5, 0.6) is 0 Å². The fourth-order valence-corrected chi connectivity index (χ4v) is 3.00. The number of aromatic nitrogens is 4. The molecule has 15 nitrogen and oxygen atoms in total. The smallest absolute Gasteiger partial charge is 0.387 e. The summed E-state index contributed by atoms with van der Waals surface area (Å²) in [5.74, 6) is -1.13. The number of phosphoric acid groups is 1. The number of amides is 1. The summed E-state index contributed by atoms with van der Waals surface area (Å²) in [5.41, 5.74) is -1.02. The maximum absolute atomic E-state index is 12.2. The molecular weight excluding hydrogens is 417 g/mol. The van der Waals surface area contributed by atoms with Crippen LogP contribution in [0.1, 0.15) is 13.2 Å². The number of fused-ring (bicyclic) bond motifs is 1. The Kier molecular flexibility index (Phi) is 5.84. The van der Waals surface area contributed by atoms with Crippen LogP contribution < -0.4 is 10.9 Å². The van der Waals surface area contributed by atoms with E-state index in [1.54, 1.807) is 0 Å². The van der Waals surface area contributed by atoms with Crippen molar-refractivity contribution >= 4 is 30.8 Å². The molecule has 5 atom stereocenters. The van der Waals surface area contributed by atoms with Crippen LogP contribution in [0.3, 0.4) is 0 Å². The topological polar surface area (TPSA) is 229 Å². The molecule has 16 heteroatoms. The van der Waals surface area contributed by atoms with Gasteiger partial charge in [0.1, 0.15) is 24.4 Å². The van der Waals surface area contributed by atoms with Crippen LogP contribution in [0.25, 0.3) is 11.2 Å². The Morgan fingerprint density at radius 3 is 2.76 bits per heavy atom. The predicted molar refractivity (Wildman–Crippen MR) is 92.4 cm³/mol. The van der Waals surface area contributed by atoms with Gasteiger partial charge >= 0.3 is 7.82 Å². The minimum Gasteiger partial charge on any atom is -0.387 e. The van der Waals surface area contributed by atoms with Gasteiger partial charge in [0, 0.05) is 0 Å². The number of aliphatic hydroxyl groups excluding tert-OH is 3. The van der Waals surface area contributed by atoms with Crippen molar-refractivity contribution < 1.29 is 43.7 Å². The van der Waals surface area contributed by atoms with E-state index in [1.165, 1.54) is 6.92 Å². The molecule has 7 N–H and O–H groups in total. The monoisotopic (exact) mass is 435 g/mol. The van der Waals surface area contributed by atoms with Crippen LogP contribution in [0.2, 0.25) is 0 Å². The van der Waals surface area contributed by atoms with Crippen molar-refractivity contribution in [1.82, 2.24) is 19.5 Å². The van der Waals surface area contributed by atoms with Crippen molar-refractivity contribution in [1.29, 1.82) is 0 Å². The highest BCUT2D eigenvalue weighted by molar-refractivity contribution is 7.46. The zero-order valence-corrected chi connectivity index (χ0v) is 15.6. The lowest BCUT2D eigenvalue weighted by Gasteiger charge is -2.16. The van der Waals surface area contributed by atoms with E-state index in [9.17, 15) is 29.5 Å². The molecule has 3 heterocycles. The van der Waals surface area contributed by atoms with E-state index >= 15 is 0 Å². The van der Waals surface area contributed by atoms with Gasteiger partial charge in [0.2, 0.25) is 5.95 Å². The van der Waals surface area contributed by atoms with Crippen molar-refractivity contribution in [3.05, 3.63) is 16.7 Å². The first-order valence-electron chi connectivity index (χ1n) is 8.15. The zero-order chi connectivity index (χ0) is 21.5. The SMILES string of the molecule is CC(O)C(=O)Nc1nc2c(ncn2[C@@H]2O[C@H](COP(=O)(O)O)[C@@H](O)[C@H]2O)c(=O)[nH]1. The summed E-state index contributed by atoms with van der Waals surface area (Å²) in [5, 5.41) is 31.8. The van der Waals surface area contributed by atoms with Crippen LogP contribution in [-0.2, 0) is 18.6 Å². The third-order valence-electron chi connectivity index (χ3n) is 4.07. The largest absolute Gasteiger partial charge is 0.469 e. The first-order valence-corrected chi connectivity index (χ1v) is 9.68. The number of rotatable bonds is 6. The quantitative estimate of drug-likeness (QED) is 0.228. The lowest BCUT2D eigenvalue weighted by molar-refractivity contribution is -0.123. The fraction of sp³-hybridized carbons (Fsp3) is 0.538. The van der Waals surface area contributed by atoms with Crippen LogP contribution in [0.4, 0.5) is 5.95 Å². The lowest BCUT2D eigenvalue weighted by Crippen LogP contribution is -2.33. The van der Waals surface area contributed by atoms with Gasteiger partial charge in [0.25, 0.3) is 11.5 Å². The van der Waals surface area contributed by atoms with Crippen LogP contribution in [-0.4, -0.2) is 81.6 Å². The van der Waals surface area contributed by atoms with E-state index in [2.05, 4.69) is 24.8 Å². The van der Waals surface area contributed by atoms with Gasteiger partial charge in [0.15, 0.2) is 17.4 Å². The number of carbonyl (C=O) groups is 1. The number of anilines is 1. The molecule has 0 radical (unpaired) electrons. The van der Waals surface area contributed by atoms with E-state index in [0.29, 0.717) is 0 Å². The summed E-state index contributed by atoms with van der Waals surface area (Å²) < 4.78 is 21.6. The number of nitrogens with one attached hydrogen (secondary N) is 2. The number of nitrogens with zero attached hydrogens (tertiary/aromatic N) is 3. The highest BCUT2D eigenvalue weighted by atomic mass is 31.2. The summed E-state index contributed by atoms with van der Waals surface area (Å²) in [6.07, 6.45) is -6.04. The minimum atomic E-state index is -4.83. The molecule has 2 aromatic rings. The second-order valence-electron chi connectivity index (χ2n) is 6.24. The van der Waals surface area contributed by atoms with Crippen molar-refractivity contribution in [3.8, 4) is 0 Å². The summed E-state index contributed by atoms with van der Waals surface area (Å²) in [7, 11) is -4.83. The van der Waals surface area contributed by atoms with Crippen LogP contribution in [0.15, 0.2) is 11.1 Å². The van der Waals surface area contributed by atoms with Gasteiger partial charge in [-0.2, -0.15) is 4.98 Å². The molecule has 0 spiro atoms. The highest BCUT2D eigenvalue weighted by Crippen LogP contribution is 2.38. The Morgan fingerprint density at radius 2 is 2.14 bits per heavy atom. The Labute approximate surface area is 161 Å². The summed E-state index contributed by atoms with van der Waals surface area (Å²) in [4.78, 5) is 51.4. The van der Waals surface area contributed by atoms with Gasteiger partial charge in [-0.15, -0.1) is 0 Å². The molecule has 1 amide bonds. The zero-order valence-electron chi connectivity index (χ0n) is 14.7. The molecule has 1 fully saturated rings. The number of carbonyl (C=O) groups excluding carboxylic acids is 1. The molecule has 0 saturated carbocycles. The number of imidazole rings is 1. The van der Waals surface area contributed by atoms with Crippen molar-refractivity contribution in [3.63, 3.8) is 0 Å². The lowest BCUT2D eigenvalue weighted by atomic mass is 10.1. The molecule has 2 aromatic heterocycles. The molecule has 29 heavy (non-hydrogen) atoms. The van der Waals surface area contributed by atoms with Gasteiger partial charge in [-0.25, -0.2) is 9.55 Å². The van der Waals surface area contributed by atoms with Gasteiger partial charge in [-0.3, -0.25) is 29.0 Å². The van der Waals surface area contributed by atoms with Crippen LogP contribution in [0, 0.1) is 0 Å².